The second-order valence-corrected chi connectivity index (χ2v) is 5.77. The Labute approximate surface area is 152 Å². The molecule has 0 saturated heterocycles. The fourth-order valence-corrected chi connectivity index (χ4v) is 2.36. The van der Waals surface area contributed by atoms with Gasteiger partial charge in [-0.25, -0.2) is 0 Å². The monoisotopic (exact) mass is 355 g/mol. The minimum Gasteiger partial charge on any atom is -0.493 e. The van der Waals surface area contributed by atoms with Crippen LogP contribution in [-0.2, 0) is 4.79 Å². The molecule has 0 fully saturated rings. The first-order valence-corrected chi connectivity index (χ1v) is 8.10. The zero-order valence-electron chi connectivity index (χ0n) is 15.2. The number of methoxy groups -OCH3 is 1. The lowest BCUT2D eigenvalue weighted by Gasteiger charge is -2.18. The van der Waals surface area contributed by atoms with Crippen LogP contribution in [0.5, 0.6) is 11.5 Å². The van der Waals surface area contributed by atoms with E-state index in [1.165, 1.54) is 21.0 Å². The van der Waals surface area contributed by atoms with Crippen molar-refractivity contribution in [3.63, 3.8) is 0 Å². The van der Waals surface area contributed by atoms with Crippen LogP contribution in [0.1, 0.15) is 41.5 Å². The van der Waals surface area contributed by atoms with Crippen LogP contribution < -0.4 is 14.8 Å². The fraction of sp³-hybridized carbons (Fsp3) is 0.250. The summed E-state index contributed by atoms with van der Waals surface area (Å²) in [5, 5.41) is 2.70. The molecule has 1 amide bonds. The summed E-state index contributed by atoms with van der Waals surface area (Å²) in [6, 6.07) is 11.5. The second kappa shape index (κ2) is 8.29. The third-order valence-electron chi connectivity index (χ3n) is 3.81. The number of ether oxygens (including phenoxy) is 2. The molecule has 1 N–H and O–H groups in total. The standard InChI is InChI=1S/C20H21NO5/c1-12(22)15-9-10-18(19(11-15)25-4)26-14(3)20(24)21-17-8-6-5-7-16(17)13(2)23/h5-11,14H,1-4H3,(H,21,24)/t14-/m0/s1. The van der Waals surface area contributed by atoms with Gasteiger partial charge in [0.05, 0.1) is 12.8 Å². The molecule has 6 nitrogen and oxygen atoms in total. The number of rotatable bonds is 7. The summed E-state index contributed by atoms with van der Waals surface area (Å²) in [5.74, 6) is 0.0651. The van der Waals surface area contributed by atoms with E-state index in [1.807, 2.05) is 0 Å². The van der Waals surface area contributed by atoms with Crippen molar-refractivity contribution in [3.05, 3.63) is 53.6 Å². The van der Waals surface area contributed by atoms with E-state index in [-0.39, 0.29) is 11.6 Å². The van der Waals surface area contributed by atoms with Gasteiger partial charge in [-0.3, -0.25) is 14.4 Å². The molecule has 2 aromatic rings. The number of anilines is 1. The van der Waals surface area contributed by atoms with Gasteiger partial charge < -0.3 is 14.8 Å². The average molecular weight is 355 g/mol. The first-order valence-electron chi connectivity index (χ1n) is 8.10. The highest BCUT2D eigenvalue weighted by Crippen LogP contribution is 2.29. The molecule has 0 saturated carbocycles. The Bertz CT molecular complexity index is 844. The topological polar surface area (TPSA) is 81.7 Å². The highest BCUT2D eigenvalue weighted by Gasteiger charge is 2.19. The van der Waals surface area contributed by atoms with E-state index in [4.69, 9.17) is 9.47 Å². The first kappa shape index (κ1) is 19.2. The zero-order valence-corrected chi connectivity index (χ0v) is 15.2. The SMILES string of the molecule is COc1cc(C(C)=O)ccc1O[C@@H](C)C(=O)Nc1ccccc1C(C)=O. The van der Waals surface area contributed by atoms with Crippen molar-refractivity contribution >= 4 is 23.2 Å². The summed E-state index contributed by atoms with van der Waals surface area (Å²) in [6.45, 7) is 4.48. The molecule has 0 heterocycles. The Kier molecular flexibility index (Phi) is 6.11. The molecular formula is C20H21NO5. The first-order chi connectivity index (χ1) is 12.3. The average Bonchev–Trinajstić information content (AvgIpc) is 2.61. The number of hydrogen-bond acceptors (Lipinski definition) is 5. The summed E-state index contributed by atoms with van der Waals surface area (Å²) < 4.78 is 10.9. The van der Waals surface area contributed by atoms with Crippen LogP contribution in [0.15, 0.2) is 42.5 Å². The van der Waals surface area contributed by atoms with Gasteiger partial charge in [0, 0.05) is 11.1 Å². The highest BCUT2D eigenvalue weighted by molar-refractivity contribution is 6.04. The minimum atomic E-state index is -0.841. The lowest BCUT2D eigenvalue weighted by atomic mass is 10.1. The second-order valence-electron chi connectivity index (χ2n) is 5.77. The number of Topliss-reactive ketones (excluding diaryl/α,β-unsaturated/α-hetero) is 2. The van der Waals surface area contributed by atoms with Gasteiger partial charge in [-0.2, -0.15) is 0 Å². The number of ketones is 2. The smallest absolute Gasteiger partial charge is 0.265 e. The Morgan fingerprint density at radius 2 is 1.65 bits per heavy atom. The predicted octanol–water partition coefficient (Wildman–Crippen LogP) is 3.51. The summed E-state index contributed by atoms with van der Waals surface area (Å²) in [6.07, 6.45) is -0.841. The van der Waals surface area contributed by atoms with Gasteiger partial charge in [0.15, 0.2) is 29.2 Å². The van der Waals surface area contributed by atoms with Gasteiger partial charge in [0.25, 0.3) is 5.91 Å². The Balaban J connectivity index is 2.15. The van der Waals surface area contributed by atoms with Crippen molar-refractivity contribution in [2.75, 3.05) is 12.4 Å². The van der Waals surface area contributed by atoms with Gasteiger partial charge in [-0.1, -0.05) is 12.1 Å². The maximum absolute atomic E-state index is 12.4. The molecule has 136 valence electrons. The molecule has 0 aliphatic carbocycles. The van der Waals surface area contributed by atoms with Crippen LogP contribution >= 0.6 is 0 Å². The third-order valence-corrected chi connectivity index (χ3v) is 3.81. The van der Waals surface area contributed by atoms with Crippen LogP contribution in [0.2, 0.25) is 0 Å². The minimum absolute atomic E-state index is 0.0959. The summed E-state index contributed by atoms with van der Waals surface area (Å²) in [7, 11) is 1.46. The van der Waals surface area contributed by atoms with E-state index in [0.29, 0.717) is 28.3 Å². The quantitative estimate of drug-likeness (QED) is 0.769. The molecule has 2 rings (SSSR count). The van der Waals surface area contributed by atoms with Crippen LogP contribution in [0, 0.1) is 0 Å². The molecule has 0 unspecified atom stereocenters. The van der Waals surface area contributed by atoms with Gasteiger partial charge in [-0.05, 0) is 51.1 Å². The molecule has 0 radical (unpaired) electrons. The van der Waals surface area contributed by atoms with Crippen LogP contribution in [0.4, 0.5) is 5.69 Å². The van der Waals surface area contributed by atoms with Crippen molar-refractivity contribution in [3.8, 4) is 11.5 Å². The molecule has 2 aromatic carbocycles. The normalized spacial score (nSPS) is 11.4. The van der Waals surface area contributed by atoms with E-state index < -0.39 is 12.0 Å². The lowest BCUT2D eigenvalue weighted by molar-refractivity contribution is -0.122. The Morgan fingerprint density at radius 1 is 0.962 bits per heavy atom. The Hall–Kier alpha value is -3.15. The molecule has 1 atom stereocenters. The molecule has 6 heteroatoms. The summed E-state index contributed by atoms with van der Waals surface area (Å²) in [5.41, 5.74) is 1.34. The molecule has 0 aromatic heterocycles. The van der Waals surface area contributed by atoms with Gasteiger partial charge in [0.2, 0.25) is 0 Å². The number of carbonyl (C=O) groups is 3. The number of benzene rings is 2. The number of nitrogens with one attached hydrogen (secondary N) is 1. The fourth-order valence-electron chi connectivity index (χ4n) is 2.36. The van der Waals surface area contributed by atoms with E-state index in [1.54, 1.807) is 49.4 Å². The zero-order chi connectivity index (χ0) is 19.3. The van der Waals surface area contributed by atoms with Crippen LogP contribution in [0.3, 0.4) is 0 Å². The van der Waals surface area contributed by atoms with Crippen molar-refractivity contribution in [2.24, 2.45) is 0 Å². The molecule has 0 spiro atoms. The van der Waals surface area contributed by atoms with Crippen molar-refractivity contribution in [1.82, 2.24) is 0 Å². The predicted molar refractivity (Wildman–Crippen MR) is 98.2 cm³/mol. The maximum Gasteiger partial charge on any atom is 0.265 e. The van der Waals surface area contributed by atoms with Crippen molar-refractivity contribution in [1.29, 1.82) is 0 Å². The highest BCUT2D eigenvalue weighted by atomic mass is 16.5. The Morgan fingerprint density at radius 3 is 2.27 bits per heavy atom. The van der Waals surface area contributed by atoms with Crippen molar-refractivity contribution in [2.45, 2.75) is 26.9 Å². The number of amides is 1. The summed E-state index contributed by atoms with van der Waals surface area (Å²) in [4.78, 5) is 35.5. The number of carbonyl (C=O) groups excluding carboxylic acids is 3. The van der Waals surface area contributed by atoms with E-state index in [9.17, 15) is 14.4 Å². The van der Waals surface area contributed by atoms with Gasteiger partial charge in [-0.15, -0.1) is 0 Å². The van der Waals surface area contributed by atoms with Crippen LogP contribution in [-0.4, -0.2) is 30.7 Å². The van der Waals surface area contributed by atoms with Gasteiger partial charge in [0.1, 0.15) is 0 Å². The molecule has 0 aliphatic rings. The van der Waals surface area contributed by atoms with E-state index in [0.717, 1.165) is 0 Å². The maximum atomic E-state index is 12.4. The summed E-state index contributed by atoms with van der Waals surface area (Å²) >= 11 is 0. The third kappa shape index (κ3) is 4.47. The molecule has 26 heavy (non-hydrogen) atoms. The van der Waals surface area contributed by atoms with E-state index >= 15 is 0 Å². The van der Waals surface area contributed by atoms with E-state index in [2.05, 4.69) is 5.32 Å². The van der Waals surface area contributed by atoms with Crippen molar-refractivity contribution < 1.29 is 23.9 Å². The molecule has 0 aliphatic heterocycles. The number of para-hydroxylation sites is 1. The van der Waals surface area contributed by atoms with Gasteiger partial charge >= 0.3 is 0 Å². The largest absolute Gasteiger partial charge is 0.493 e. The number of hydrogen-bond donors (Lipinski definition) is 1. The molecule has 0 bridgehead atoms. The lowest BCUT2D eigenvalue weighted by Crippen LogP contribution is -2.30. The van der Waals surface area contributed by atoms with Crippen LogP contribution in [0.25, 0.3) is 0 Å². The molecular weight excluding hydrogens is 334 g/mol.